The van der Waals surface area contributed by atoms with Crippen molar-refractivity contribution in [2.24, 2.45) is 11.3 Å². The Morgan fingerprint density at radius 2 is 1.89 bits per heavy atom. The van der Waals surface area contributed by atoms with Crippen LogP contribution in [0.4, 0.5) is 0 Å². The lowest BCUT2D eigenvalue weighted by Gasteiger charge is -2.23. The van der Waals surface area contributed by atoms with E-state index in [1.807, 2.05) is 0 Å². The van der Waals surface area contributed by atoms with E-state index in [0.29, 0.717) is 23.8 Å². The van der Waals surface area contributed by atoms with Crippen molar-refractivity contribution in [1.29, 1.82) is 0 Å². The van der Waals surface area contributed by atoms with Crippen LogP contribution in [0.3, 0.4) is 0 Å². The fraction of sp³-hybridized carbons (Fsp3) is 0.857. The van der Waals surface area contributed by atoms with Gasteiger partial charge in [-0.3, -0.25) is 0 Å². The minimum Gasteiger partial charge on any atom is -0.383 e. The molecule has 0 saturated heterocycles. The lowest BCUT2D eigenvalue weighted by atomic mass is 9.84. The molecule has 110 valence electrons. The Balaban J connectivity index is 2.74. The van der Waals surface area contributed by atoms with Crippen LogP contribution in [0.1, 0.15) is 45.8 Å². The highest BCUT2D eigenvalue weighted by Crippen LogP contribution is 2.26. The van der Waals surface area contributed by atoms with E-state index in [4.69, 9.17) is 16.3 Å². The number of methoxy groups -OCH3 is 1. The molecule has 0 radical (unpaired) electrons. The summed E-state index contributed by atoms with van der Waals surface area (Å²) in [6.45, 7) is 10.5. The highest BCUT2D eigenvalue weighted by Gasteiger charge is 2.19. The zero-order valence-corrected chi connectivity index (χ0v) is 13.5. The number of aromatic nitrogens is 3. The molecular formula is C14H26ClN3O. The molecule has 0 bridgehead atoms. The number of ether oxygens (including phenoxy) is 1. The van der Waals surface area contributed by atoms with Crippen LogP contribution < -0.4 is 0 Å². The summed E-state index contributed by atoms with van der Waals surface area (Å²) in [7, 11) is 1.70. The maximum atomic E-state index is 5.90. The largest absolute Gasteiger partial charge is 0.383 e. The minimum absolute atomic E-state index is 0.339. The average molecular weight is 288 g/mol. The molecule has 1 rings (SSSR count). The Hall–Kier alpha value is -0.610. The monoisotopic (exact) mass is 287 g/mol. The van der Waals surface area contributed by atoms with Gasteiger partial charge in [0, 0.05) is 20.1 Å². The molecule has 0 fully saturated rings. The molecule has 0 aromatic carbocycles. The topological polar surface area (TPSA) is 39.9 Å². The van der Waals surface area contributed by atoms with E-state index >= 15 is 0 Å². The molecule has 0 N–H and O–H groups in total. The third kappa shape index (κ3) is 5.49. The lowest BCUT2D eigenvalue weighted by Crippen LogP contribution is -2.17. The Bertz CT molecular complexity index is 385. The smallest absolute Gasteiger partial charge is 0.148 e. The van der Waals surface area contributed by atoms with Crippen LogP contribution >= 0.6 is 11.6 Å². The third-order valence-corrected chi connectivity index (χ3v) is 3.27. The maximum Gasteiger partial charge on any atom is 0.148 e. The number of rotatable bonds is 7. The highest BCUT2D eigenvalue weighted by molar-refractivity contribution is 6.16. The van der Waals surface area contributed by atoms with Crippen molar-refractivity contribution in [2.45, 2.75) is 53.0 Å². The van der Waals surface area contributed by atoms with Gasteiger partial charge >= 0.3 is 0 Å². The van der Waals surface area contributed by atoms with Crippen molar-refractivity contribution >= 4 is 11.6 Å². The number of halogens is 1. The maximum absolute atomic E-state index is 5.90. The van der Waals surface area contributed by atoms with Gasteiger partial charge in [-0.2, -0.15) is 0 Å². The summed E-state index contributed by atoms with van der Waals surface area (Å²) in [5, 5.41) is 8.45. The van der Waals surface area contributed by atoms with Crippen LogP contribution in [0.15, 0.2) is 0 Å². The first-order valence-corrected chi connectivity index (χ1v) is 7.36. The van der Waals surface area contributed by atoms with Crippen LogP contribution in [-0.2, 0) is 23.6 Å². The molecule has 0 saturated carbocycles. The summed E-state index contributed by atoms with van der Waals surface area (Å²) < 4.78 is 7.23. The first-order valence-electron chi connectivity index (χ1n) is 6.83. The molecule has 1 aromatic heterocycles. The summed E-state index contributed by atoms with van der Waals surface area (Å²) in [5.74, 6) is 2.82. The van der Waals surface area contributed by atoms with Crippen molar-refractivity contribution in [2.75, 3.05) is 13.7 Å². The first-order chi connectivity index (χ1) is 8.87. The van der Waals surface area contributed by atoms with Gasteiger partial charge in [-0.25, -0.2) is 0 Å². The molecule has 1 atom stereocenters. The summed E-state index contributed by atoms with van der Waals surface area (Å²) in [5.41, 5.74) is 0.339. The van der Waals surface area contributed by atoms with Crippen molar-refractivity contribution in [3.8, 4) is 0 Å². The molecule has 1 heterocycles. The van der Waals surface area contributed by atoms with Crippen molar-refractivity contribution < 1.29 is 4.74 Å². The van der Waals surface area contributed by atoms with Gasteiger partial charge in [0.25, 0.3) is 0 Å². The second-order valence-corrected chi connectivity index (χ2v) is 6.65. The van der Waals surface area contributed by atoms with Gasteiger partial charge in [0.15, 0.2) is 0 Å². The van der Waals surface area contributed by atoms with Crippen LogP contribution in [0.25, 0.3) is 0 Å². The van der Waals surface area contributed by atoms with E-state index in [1.54, 1.807) is 7.11 Å². The Morgan fingerprint density at radius 1 is 1.26 bits per heavy atom. The summed E-state index contributed by atoms with van der Waals surface area (Å²) in [4.78, 5) is 0. The normalized spacial score (nSPS) is 13.8. The van der Waals surface area contributed by atoms with E-state index in [9.17, 15) is 0 Å². The van der Waals surface area contributed by atoms with Crippen molar-refractivity contribution in [3.63, 3.8) is 0 Å². The molecular weight excluding hydrogens is 262 g/mol. The summed E-state index contributed by atoms with van der Waals surface area (Å²) in [6.07, 6.45) is 2.10. The van der Waals surface area contributed by atoms with E-state index in [-0.39, 0.29) is 0 Å². The molecule has 1 unspecified atom stereocenters. The standard InChI is InChI=1S/C14H26ClN3O/c1-11(9-14(2,3)4)8-12-16-17-13(10-15)18(12)6-7-19-5/h11H,6-10H2,1-5H3. The van der Waals surface area contributed by atoms with Gasteiger partial charge in [0.2, 0.25) is 0 Å². The molecule has 5 heteroatoms. The summed E-state index contributed by atoms with van der Waals surface area (Å²) >= 11 is 5.90. The van der Waals surface area contributed by atoms with E-state index < -0.39 is 0 Å². The molecule has 0 amide bonds. The second kappa shape index (κ2) is 7.25. The number of nitrogens with zero attached hydrogens (tertiary/aromatic N) is 3. The van der Waals surface area contributed by atoms with Crippen LogP contribution in [0.5, 0.6) is 0 Å². The van der Waals surface area contributed by atoms with Gasteiger partial charge in [-0.1, -0.05) is 27.7 Å². The molecule has 0 aliphatic carbocycles. The fourth-order valence-corrected chi connectivity index (χ4v) is 2.69. The Morgan fingerprint density at radius 3 is 2.42 bits per heavy atom. The van der Waals surface area contributed by atoms with Crippen LogP contribution in [0, 0.1) is 11.3 Å². The van der Waals surface area contributed by atoms with Gasteiger partial charge in [-0.15, -0.1) is 21.8 Å². The third-order valence-electron chi connectivity index (χ3n) is 3.03. The molecule has 4 nitrogen and oxygen atoms in total. The lowest BCUT2D eigenvalue weighted by molar-refractivity contribution is 0.185. The quantitative estimate of drug-likeness (QED) is 0.723. The van der Waals surface area contributed by atoms with E-state index in [0.717, 1.165) is 24.6 Å². The number of alkyl halides is 1. The van der Waals surface area contributed by atoms with Gasteiger partial charge in [0.05, 0.1) is 12.5 Å². The van der Waals surface area contributed by atoms with E-state index in [2.05, 4.69) is 42.5 Å². The molecule has 0 aliphatic rings. The van der Waals surface area contributed by atoms with E-state index in [1.165, 1.54) is 6.42 Å². The SMILES string of the molecule is COCCn1c(CCl)nnc1CC(C)CC(C)(C)C. The molecule has 0 spiro atoms. The zero-order valence-electron chi connectivity index (χ0n) is 12.7. The molecule has 1 aromatic rings. The number of hydrogen-bond donors (Lipinski definition) is 0. The first kappa shape index (κ1) is 16.4. The Kier molecular flexibility index (Phi) is 6.27. The average Bonchev–Trinajstić information content (AvgIpc) is 2.66. The van der Waals surface area contributed by atoms with Crippen molar-refractivity contribution in [3.05, 3.63) is 11.6 Å². The number of hydrogen-bond acceptors (Lipinski definition) is 3. The zero-order chi connectivity index (χ0) is 14.5. The summed E-state index contributed by atoms with van der Waals surface area (Å²) in [6, 6.07) is 0. The van der Waals surface area contributed by atoms with Gasteiger partial charge in [-0.05, 0) is 17.8 Å². The van der Waals surface area contributed by atoms with Crippen molar-refractivity contribution in [1.82, 2.24) is 14.8 Å². The Labute approximate surface area is 121 Å². The predicted octanol–water partition coefficient (Wildman–Crippen LogP) is 3.28. The second-order valence-electron chi connectivity index (χ2n) is 6.38. The molecule has 0 aliphatic heterocycles. The molecule has 19 heavy (non-hydrogen) atoms. The van der Waals surface area contributed by atoms with Gasteiger partial charge in [0.1, 0.15) is 11.6 Å². The van der Waals surface area contributed by atoms with Crippen LogP contribution in [0.2, 0.25) is 0 Å². The minimum atomic E-state index is 0.339. The van der Waals surface area contributed by atoms with Crippen LogP contribution in [-0.4, -0.2) is 28.5 Å². The van der Waals surface area contributed by atoms with Gasteiger partial charge < -0.3 is 9.30 Å². The predicted molar refractivity (Wildman–Crippen MR) is 78.4 cm³/mol. The highest BCUT2D eigenvalue weighted by atomic mass is 35.5. The fourth-order valence-electron chi connectivity index (χ4n) is 2.49.